The Morgan fingerprint density at radius 3 is 2.40 bits per heavy atom. The number of nitrogens with one attached hydrogen (secondary N) is 1. The van der Waals surface area contributed by atoms with Crippen LogP contribution < -0.4 is 10.2 Å². The Morgan fingerprint density at radius 2 is 1.70 bits per heavy atom. The molecule has 30 heavy (non-hydrogen) atoms. The SMILES string of the molecule is O=C(NCCCN1CCN(c2cccc(C(F)(F)F)c2)CC1)c1cccc(F)c1F. The maximum atomic E-state index is 13.6. The quantitative estimate of drug-likeness (QED) is 0.561. The maximum absolute atomic E-state index is 13.6. The summed E-state index contributed by atoms with van der Waals surface area (Å²) in [5.41, 5.74) is -0.438. The largest absolute Gasteiger partial charge is 0.416 e. The van der Waals surface area contributed by atoms with E-state index in [1.54, 1.807) is 6.07 Å². The highest BCUT2D eigenvalue weighted by atomic mass is 19.4. The van der Waals surface area contributed by atoms with Crippen molar-refractivity contribution in [3.05, 3.63) is 65.2 Å². The molecule has 2 aromatic rings. The Morgan fingerprint density at radius 1 is 1.00 bits per heavy atom. The number of benzene rings is 2. The highest BCUT2D eigenvalue weighted by Crippen LogP contribution is 2.31. The van der Waals surface area contributed by atoms with Gasteiger partial charge in [-0.1, -0.05) is 12.1 Å². The van der Waals surface area contributed by atoms with Crippen molar-refractivity contribution in [1.29, 1.82) is 0 Å². The minimum absolute atomic E-state index is 0.308. The summed E-state index contributed by atoms with van der Waals surface area (Å²) in [5, 5.41) is 2.57. The first-order valence-electron chi connectivity index (χ1n) is 9.62. The van der Waals surface area contributed by atoms with E-state index in [9.17, 15) is 26.7 Å². The first-order valence-corrected chi connectivity index (χ1v) is 9.62. The third kappa shape index (κ3) is 5.47. The number of alkyl halides is 3. The summed E-state index contributed by atoms with van der Waals surface area (Å²) in [6.07, 6.45) is -3.75. The van der Waals surface area contributed by atoms with Crippen LogP contribution >= 0.6 is 0 Å². The van der Waals surface area contributed by atoms with Gasteiger partial charge in [0.2, 0.25) is 0 Å². The minimum atomic E-state index is -4.36. The lowest BCUT2D eigenvalue weighted by Crippen LogP contribution is -2.47. The average Bonchev–Trinajstić information content (AvgIpc) is 2.73. The van der Waals surface area contributed by atoms with E-state index in [0.717, 1.165) is 18.2 Å². The van der Waals surface area contributed by atoms with Crippen LogP contribution in [-0.2, 0) is 6.18 Å². The number of hydrogen-bond donors (Lipinski definition) is 1. The lowest BCUT2D eigenvalue weighted by Gasteiger charge is -2.36. The van der Waals surface area contributed by atoms with Crippen LogP contribution in [0.25, 0.3) is 0 Å². The summed E-state index contributed by atoms with van der Waals surface area (Å²) in [5.74, 6) is -2.90. The van der Waals surface area contributed by atoms with Gasteiger partial charge in [-0.3, -0.25) is 9.69 Å². The second-order valence-corrected chi connectivity index (χ2v) is 7.09. The predicted octanol–water partition coefficient (Wildman–Crippen LogP) is 3.93. The normalized spacial score (nSPS) is 15.3. The van der Waals surface area contributed by atoms with Crippen LogP contribution in [0.5, 0.6) is 0 Å². The molecule has 1 aliphatic heterocycles. The van der Waals surface area contributed by atoms with Gasteiger partial charge in [0, 0.05) is 38.4 Å². The molecule has 1 heterocycles. The lowest BCUT2D eigenvalue weighted by atomic mass is 10.1. The number of carbonyl (C=O) groups is 1. The molecule has 0 radical (unpaired) electrons. The van der Waals surface area contributed by atoms with Gasteiger partial charge in [0.25, 0.3) is 5.91 Å². The molecule has 1 aliphatic rings. The van der Waals surface area contributed by atoms with E-state index >= 15 is 0 Å². The van der Waals surface area contributed by atoms with E-state index in [1.807, 2.05) is 4.90 Å². The molecule has 0 atom stereocenters. The third-order valence-corrected chi connectivity index (χ3v) is 5.04. The molecule has 162 valence electrons. The number of amides is 1. The number of carbonyl (C=O) groups excluding carboxylic acids is 1. The van der Waals surface area contributed by atoms with E-state index < -0.39 is 29.3 Å². The number of halogens is 5. The zero-order valence-corrected chi connectivity index (χ0v) is 16.2. The fourth-order valence-electron chi connectivity index (χ4n) is 3.39. The molecule has 1 N–H and O–H groups in total. The Bertz CT molecular complexity index is 879. The van der Waals surface area contributed by atoms with E-state index in [4.69, 9.17) is 0 Å². The minimum Gasteiger partial charge on any atom is -0.369 e. The molecule has 1 saturated heterocycles. The zero-order valence-electron chi connectivity index (χ0n) is 16.2. The van der Waals surface area contributed by atoms with Crippen LogP contribution in [0.4, 0.5) is 27.6 Å². The molecule has 0 spiro atoms. The van der Waals surface area contributed by atoms with Gasteiger partial charge in [0.15, 0.2) is 11.6 Å². The maximum Gasteiger partial charge on any atom is 0.416 e. The van der Waals surface area contributed by atoms with Crippen molar-refractivity contribution in [3.63, 3.8) is 0 Å². The molecule has 4 nitrogen and oxygen atoms in total. The van der Waals surface area contributed by atoms with Crippen molar-refractivity contribution in [3.8, 4) is 0 Å². The Hall–Kier alpha value is -2.68. The molecule has 9 heteroatoms. The summed E-state index contributed by atoms with van der Waals surface area (Å²) in [4.78, 5) is 16.0. The van der Waals surface area contributed by atoms with Gasteiger partial charge in [-0.05, 0) is 43.3 Å². The van der Waals surface area contributed by atoms with E-state index in [2.05, 4.69) is 10.2 Å². The molecule has 3 rings (SSSR count). The van der Waals surface area contributed by atoms with E-state index in [1.165, 1.54) is 18.2 Å². The Kier molecular flexibility index (Phi) is 6.91. The molecule has 0 saturated carbocycles. The lowest BCUT2D eigenvalue weighted by molar-refractivity contribution is -0.137. The summed E-state index contributed by atoms with van der Waals surface area (Å²) in [6, 6.07) is 8.75. The van der Waals surface area contributed by atoms with Crippen LogP contribution in [0.3, 0.4) is 0 Å². The molecule has 0 unspecified atom stereocenters. The van der Waals surface area contributed by atoms with Gasteiger partial charge < -0.3 is 10.2 Å². The molecule has 0 bridgehead atoms. The molecular weight excluding hydrogens is 405 g/mol. The summed E-state index contributed by atoms with van der Waals surface area (Å²) >= 11 is 0. The van der Waals surface area contributed by atoms with Crippen LogP contribution in [-0.4, -0.2) is 50.1 Å². The van der Waals surface area contributed by atoms with Crippen molar-refractivity contribution in [2.45, 2.75) is 12.6 Å². The second kappa shape index (κ2) is 9.42. The highest BCUT2D eigenvalue weighted by molar-refractivity contribution is 5.94. The van der Waals surface area contributed by atoms with Gasteiger partial charge in [0.05, 0.1) is 11.1 Å². The topological polar surface area (TPSA) is 35.6 Å². The van der Waals surface area contributed by atoms with Crippen molar-refractivity contribution < 1.29 is 26.7 Å². The van der Waals surface area contributed by atoms with Crippen molar-refractivity contribution in [2.75, 3.05) is 44.2 Å². The second-order valence-electron chi connectivity index (χ2n) is 7.09. The number of hydrogen-bond acceptors (Lipinski definition) is 3. The van der Waals surface area contributed by atoms with Crippen molar-refractivity contribution in [1.82, 2.24) is 10.2 Å². The summed E-state index contributed by atoms with van der Waals surface area (Å²) < 4.78 is 65.4. The molecular formula is C21H22F5N3O. The van der Waals surface area contributed by atoms with Crippen LogP contribution in [0.1, 0.15) is 22.3 Å². The fraction of sp³-hybridized carbons (Fsp3) is 0.381. The molecule has 1 fully saturated rings. The first kappa shape index (κ1) is 22.0. The Balaban J connectivity index is 1.41. The van der Waals surface area contributed by atoms with Crippen LogP contribution in [0.2, 0.25) is 0 Å². The molecule has 2 aromatic carbocycles. The Labute approximate surface area is 171 Å². The van der Waals surface area contributed by atoms with Gasteiger partial charge >= 0.3 is 6.18 Å². The van der Waals surface area contributed by atoms with Crippen molar-refractivity contribution >= 4 is 11.6 Å². The highest BCUT2D eigenvalue weighted by Gasteiger charge is 2.31. The van der Waals surface area contributed by atoms with Gasteiger partial charge in [-0.15, -0.1) is 0 Å². The summed E-state index contributed by atoms with van der Waals surface area (Å²) in [7, 11) is 0. The smallest absolute Gasteiger partial charge is 0.369 e. The number of nitrogens with zero attached hydrogens (tertiary/aromatic N) is 2. The standard InChI is InChI=1S/C21H22F5N3O/c22-18-7-2-6-17(19(18)23)20(30)27-8-3-9-28-10-12-29(13-11-28)16-5-1-4-15(14-16)21(24,25)26/h1-2,4-7,14H,3,8-13H2,(H,27,30). The third-order valence-electron chi connectivity index (χ3n) is 5.04. The zero-order chi connectivity index (χ0) is 21.7. The predicted molar refractivity (Wildman–Crippen MR) is 103 cm³/mol. The number of piperazine rings is 1. The summed E-state index contributed by atoms with van der Waals surface area (Å²) in [6.45, 7) is 3.56. The van der Waals surface area contributed by atoms with E-state index in [-0.39, 0.29) is 5.56 Å². The number of rotatable bonds is 6. The molecule has 0 aliphatic carbocycles. The van der Waals surface area contributed by atoms with Crippen LogP contribution in [0, 0.1) is 11.6 Å². The van der Waals surface area contributed by atoms with Crippen molar-refractivity contribution in [2.24, 2.45) is 0 Å². The first-order chi connectivity index (χ1) is 14.3. The van der Waals surface area contributed by atoms with E-state index in [0.29, 0.717) is 51.4 Å². The molecule has 0 aromatic heterocycles. The average molecular weight is 427 g/mol. The monoisotopic (exact) mass is 427 g/mol. The fourth-order valence-corrected chi connectivity index (χ4v) is 3.39. The van der Waals surface area contributed by atoms with Gasteiger partial charge in [-0.2, -0.15) is 13.2 Å². The van der Waals surface area contributed by atoms with Gasteiger partial charge in [-0.25, -0.2) is 8.78 Å². The number of anilines is 1. The van der Waals surface area contributed by atoms with Gasteiger partial charge in [0.1, 0.15) is 0 Å². The molecule has 1 amide bonds. The van der Waals surface area contributed by atoms with Crippen LogP contribution in [0.15, 0.2) is 42.5 Å².